The third-order valence-electron chi connectivity index (χ3n) is 6.66. The van der Waals surface area contributed by atoms with Crippen molar-refractivity contribution in [1.82, 2.24) is 25.0 Å². The number of halogens is 1. The molecule has 1 fully saturated rings. The lowest BCUT2D eigenvalue weighted by Crippen LogP contribution is -2.37. The zero-order valence-electron chi connectivity index (χ0n) is 21.8. The van der Waals surface area contributed by atoms with Gasteiger partial charge in [0.1, 0.15) is 0 Å². The molecule has 2 aromatic rings. The van der Waals surface area contributed by atoms with Crippen LogP contribution in [0.25, 0.3) is 11.2 Å². The Morgan fingerprint density at radius 3 is 2.46 bits per heavy atom. The fourth-order valence-electron chi connectivity index (χ4n) is 4.61. The molecule has 198 valence electrons. The van der Waals surface area contributed by atoms with Crippen LogP contribution in [-0.2, 0) is 13.9 Å². The van der Waals surface area contributed by atoms with Crippen molar-refractivity contribution in [3.8, 4) is 0 Å². The van der Waals surface area contributed by atoms with E-state index in [4.69, 9.17) is 30.5 Å². The van der Waals surface area contributed by atoms with Crippen LogP contribution in [0.15, 0.2) is 5.16 Å². The van der Waals surface area contributed by atoms with Gasteiger partial charge in [-0.1, -0.05) is 56.3 Å². The number of thioether (sulfide) groups is 1. The van der Waals surface area contributed by atoms with E-state index in [9.17, 15) is 5.11 Å². The Hall–Kier alpha value is -0.823. The molecule has 0 radical (unpaired) electrons. The maximum absolute atomic E-state index is 10.4. The highest BCUT2D eigenvalue weighted by Gasteiger charge is 2.41. The minimum absolute atomic E-state index is 0.0533. The van der Waals surface area contributed by atoms with Gasteiger partial charge in [0, 0.05) is 12.2 Å². The van der Waals surface area contributed by atoms with E-state index in [0.29, 0.717) is 42.4 Å². The highest BCUT2D eigenvalue weighted by Crippen LogP contribution is 2.38. The number of rotatable bonds is 14. The number of aliphatic hydroxyl groups is 1. The van der Waals surface area contributed by atoms with Gasteiger partial charge in [-0.3, -0.25) is 0 Å². The molecule has 1 aliphatic carbocycles. The van der Waals surface area contributed by atoms with Crippen LogP contribution < -0.4 is 0 Å². The van der Waals surface area contributed by atoms with E-state index >= 15 is 0 Å². The van der Waals surface area contributed by atoms with Crippen LogP contribution in [-0.4, -0.2) is 75.3 Å². The van der Waals surface area contributed by atoms with Crippen molar-refractivity contribution in [2.75, 3.05) is 19.0 Å². The van der Waals surface area contributed by atoms with Crippen LogP contribution in [0.1, 0.15) is 66.8 Å². The van der Waals surface area contributed by atoms with Crippen molar-refractivity contribution in [1.29, 1.82) is 0 Å². The zero-order valence-corrected chi connectivity index (χ0v) is 24.4. The third kappa shape index (κ3) is 7.36. The largest absolute Gasteiger partial charge is 0.414 e. The minimum atomic E-state index is -1.64. The summed E-state index contributed by atoms with van der Waals surface area (Å²) in [6.45, 7) is 13.2. The van der Waals surface area contributed by atoms with Crippen molar-refractivity contribution < 1.29 is 19.0 Å². The first-order valence-electron chi connectivity index (χ1n) is 12.7. The normalized spacial score (nSPS) is 21.3. The Morgan fingerprint density at radius 1 is 1.11 bits per heavy atom. The quantitative estimate of drug-likeness (QED) is 0.0852. The first kappa shape index (κ1) is 28.7. The van der Waals surface area contributed by atoms with E-state index in [-0.39, 0.29) is 23.4 Å². The summed E-state index contributed by atoms with van der Waals surface area (Å²) in [5.74, 6) is -0.395. The van der Waals surface area contributed by atoms with Crippen LogP contribution in [0.5, 0.6) is 0 Å². The second kappa shape index (κ2) is 12.6. The molecule has 3 unspecified atom stereocenters. The summed E-state index contributed by atoms with van der Waals surface area (Å²) in [4.78, 5) is 9.05. The average Bonchev–Trinajstić information content (AvgIpc) is 3.41. The van der Waals surface area contributed by atoms with E-state index in [1.165, 1.54) is 0 Å². The van der Waals surface area contributed by atoms with Gasteiger partial charge in [-0.2, -0.15) is 0 Å². The molecule has 35 heavy (non-hydrogen) atoms. The predicted octanol–water partition coefficient (Wildman–Crippen LogP) is 5.23. The summed E-state index contributed by atoms with van der Waals surface area (Å²) < 4.78 is 20.4. The Bertz CT molecular complexity index is 948. The Balaban J connectivity index is 1.76. The van der Waals surface area contributed by atoms with Crippen molar-refractivity contribution in [3.05, 3.63) is 5.15 Å². The van der Waals surface area contributed by atoms with Gasteiger partial charge in [0.2, 0.25) is 0 Å². The lowest BCUT2D eigenvalue weighted by atomic mass is 10.2. The number of hydrogen-bond donors (Lipinski definition) is 1. The molecule has 2 aromatic heterocycles. The first-order chi connectivity index (χ1) is 16.6. The third-order valence-corrected chi connectivity index (χ3v) is 12.7. The van der Waals surface area contributed by atoms with Crippen LogP contribution in [0.3, 0.4) is 0 Å². The molecule has 1 N–H and O–H groups in total. The SMILES string of the molecule is CCCSc1nc(Cl)c2nnn(C3CC(OCCO[Si](CC)(CC)CC)CC3OC(C)(C)O)c2n1. The van der Waals surface area contributed by atoms with E-state index in [1.54, 1.807) is 30.3 Å². The van der Waals surface area contributed by atoms with Gasteiger partial charge in [-0.15, -0.1) is 5.10 Å². The fourth-order valence-corrected chi connectivity index (χ4v) is 8.19. The summed E-state index contributed by atoms with van der Waals surface area (Å²) in [7, 11) is -1.64. The maximum Gasteiger partial charge on any atom is 0.192 e. The van der Waals surface area contributed by atoms with E-state index < -0.39 is 14.1 Å². The highest BCUT2D eigenvalue weighted by molar-refractivity contribution is 7.99. The van der Waals surface area contributed by atoms with Gasteiger partial charge < -0.3 is 19.0 Å². The summed E-state index contributed by atoms with van der Waals surface area (Å²) in [5, 5.41) is 19.9. The molecule has 0 amide bonds. The first-order valence-corrected chi connectivity index (χ1v) is 16.6. The molecular weight excluding hydrogens is 506 g/mol. The zero-order chi connectivity index (χ0) is 25.6. The van der Waals surface area contributed by atoms with Crippen LogP contribution in [0, 0.1) is 0 Å². The average molecular weight is 546 g/mol. The summed E-state index contributed by atoms with van der Waals surface area (Å²) in [6.07, 6.45) is 1.93. The molecule has 3 rings (SSSR count). The molecule has 0 bridgehead atoms. The molecule has 9 nitrogen and oxygen atoms in total. The minimum Gasteiger partial charge on any atom is -0.414 e. The molecule has 12 heteroatoms. The van der Waals surface area contributed by atoms with E-state index in [0.717, 1.165) is 30.3 Å². The van der Waals surface area contributed by atoms with Crippen molar-refractivity contribution >= 4 is 42.8 Å². The Labute approximate surface area is 218 Å². The molecule has 0 saturated heterocycles. The number of ether oxygens (including phenoxy) is 2. The number of aromatic nitrogens is 5. The smallest absolute Gasteiger partial charge is 0.192 e. The predicted molar refractivity (Wildman–Crippen MR) is 141 cm³/mol. The van der Waals surface area contributed by atoms with Crippen LogP contribution >= 0.6 is 23.4 Å². The fraction of sp³-hybridized carbons (Fsp3) is 0.826. The van der Waals surface area contributed by atoms with Gasteiger partial charge in [0.15, 0.2) is 35.6 Å². The summed E-state index contributed by atoms with van der Waals surface area (Å²) in [6, 6.07) is 3.16. The molecule has 1 aliphatic rings. The highest BCUT2D eigenvalue weighted by atomic mass is 35.5. The lowest BCUT2D eigenvalue weighted by molar-refractivity contribution is -0.212. The lowest BCUT2D eigenvalue weighted by Gasteiger charge is -2.28. The van der Waals surface area contributed by atoms with Gasteiger partial charge in [-0.25, -0.2) is 14.6 Å². The molecule has 1 saturated carbocycles. The maximum atomic E-state index is 10.4. The number of nitrogens with zero attached hydrogens (tertiary/aromatic N) is 5. The monoisotopic (exact) mass is 545 g/mol. The van der Waals surface area contributed by atoms with Gasteiger partial charge >= 0.3 is 0 Å². The molecule has 3 atom stereocenters. The molecule has 0 aliphatic heterocycles. The van der Waals surface area contributed by atoms with E-state index in [1.807, 2.05) is 0 Å². The second-order valence-electron chi connectivity index (χ2n) is 9.58. The topological polar surface area (TPSA) is 104 Å². The summed E-state index contributed by atoms with van der Waals surface area (Å²) in [5.41, 5.74) is 1.04. The van der Waals surface area contributed by atoms with Crippen LogP contribution in [0.4, 0.5) is 0 Å². The number of hydrogen-bond acceptors (Lipinski definition) is 9. The molecule has 2 heterocycles. The van der Waals surface area contributed by atoms with Crippen molar-refractivity contribution in [2.24, 2.45) is 0 Å². The molecule has 0 aromatic carbocycles. The Kier molecular flexibility index (Phi) is 10.4. The van der Waals surface area contributed by atoms with Gasteiger partial charge in [0.25, 0.3) is 0 Å². The van der Waals surface area contributed by atoms with Crippen molar-refractivity contribution in [2.45, 2.75) is 108 Å². The van der Waals surface area contributed by atoms with Gasteiger partial charge in [-0.05, 0) is 44.8 Å². The standard InChI is InChI=1S/C23H40ClN5O4SSi/c1-7-13-34-22-25-20(24)19-21(26-22)29(28-27-19)17-14-16(15-18(17)33-23(5,6)30)31-11-12-32-35(8-2,9-3)10-4/h16-18,30H,7-15H2,1-6H3. The van der Waals surface area contributed by atoms with E-state index in [2.05, 4.69) is 43.0 Å². The number of fused-ring (bicyclic) bond motifs is 1. The summed E-state index contributed by atoms with van der Waals surface area (Å²) >= 11 is 7.96. The second-order valence-corrected chi connectivity index (χ2v) is 15.8. The van der Waals surface area contributed by atoms with Gasteiger partial charge in [0.05, 0.1) is 31.5 Å². The van der Waals surface area contributed by atoms with Crippen LogP contribution in [0.2, 0.25) is 23.3 Å². The Morgan fingerprint density at radius 2 is 1.83 bits per heavy atom. The molecular formula is C23H40ClN5O4SSi. The van der Waals surface area contributed by atoms with Crippen molar-refractivity contribution in [3.63, 3.8) is 0 Å². The molecule has 0 spiro atoms.